The first-order valence-corrected chi connectivity index (χ1v) is 14.4. The number of piperidine rings is 1. The summed E-state index contributed by atoms with van der Waals surface area (Å²) in [6.45, 7) is 2.50. The van der Waals surface area contributed by atoms with Crippen molar-refractivity contribution < 1.29 is 20.1 Å². The van der Waals surface area contributed by atoms with E-state index in [0.717, 1.165) is 72.2 Å². The number of likely N-dealkylation sites (tertiary alicyclic amines) is 1. The second-order valence-electron chi connectivity index (χ2n) is 12.3. The number of phenolic OH excluding ortho intramolecular Hbond substituents is 1. The maximum atomic E-state index is 13.1. The maximum absolute atomic E-state index is 13.1. The van der Waals surface area contributed by atoms with Crippen LogP contribution in [0.3, 0.4) is 0 Å². The highest BCUT2D eigenvalue weighted by Gasteiger charge is 2.73. The van der Waals surface area contributed by atoms with Gasteiger partial charge in [0.2, 0.25) is 0 Å². The van der Waals surface area contributed by atoms with Crippen LogP contribution >= 0.6 is 0 Å². The van der Waals surface area contributed by atoms with Gasteiger partial charge in [-0.25, -0.2) is 0 Å². The highest BCUT2D eigenvalue weighted by Crippen LogP contribution is 2.69. The van der Waals surface area contributed by atoms with Crippen molar-refractivity contribution in [1.82, 2.24) is 9.47 Å². The zero-order valence-corrected chi connectivity index (χ0v) is 21.8. The van der Waals surface area contributed by atoms with Gasteiger partial charge in [-0.1, -0.05) is 54.6 Å². The summed E-state index contributed by atoms with van der Waals surface area (Å²) in [6, 6.07) is 20.6. The molecule has 9 rings (SSSR count). The van der Waals surface area contributed by atoms with Gasteiger partial charge in [0, 0.05) is 42.1 Å². The number of hydrogen-bond acceptors (Lipinski definition) is 5. The molecule has 6 heteroatoms. The molecule has 4 heterocycles. The molecule has 4 aromatic rings. The molecule has 1 spiro atoms. The smallest absolute Gasteiger partial charge is 0.166 e. The van der Waals surface area contributed by atoms with Gasteiger partial charge in [-0.2, -0.15) is 0 Å². The molecule has 3 N–H and O–H groups in total. The van der Waals surface area contributed by atoms with Crippen molar-refractivity contribution in [1.29, 1.82) is 0 Å². The molecule has 198 valence electrons. The van der Waals surface area contributed by atoms with E-state index in [1.54, 1.807) is 6.07 Å². The average Bonchev–Trinajstić information content (AvgIpc) is 3.45. The van der Waals surface area contributed by atoms with Crippen molar-refractivity contribution in [2.75, 3.05) is 13.1 Å². The van der Waals surface area contributed by atoms with E-state index in [4.69, 9.17) is 4.74 Å². The summed E-state index contributed by atoms with van der Waals surface area (Å²) in [7, 11) is 0. The Bertz CT molecular complexity index is 1680. The van der Waals surface area contributed by atoms with Crippen LogP contribution in [0.15, 0.2) is 60.7 Å². The Morgan fingerprint density at radius 1 is 1.00 bits per heavy atom. The van der Waals surface area contributed by atoms with Crippen LogP contribution in [0.2, 0.25) is 0 Å². The number of aliphatic hydroxyl groups excluding tert-OH is 1. The normalized spacial score (nSPS) is 31.6. The second-order valence-corrected chi connectivity index (χ2v) is 12.3. The average molecular weight is 521 g/mol. The first-order chi connectivity index (χ1) is 19.0. The summed E-state index contributed by atoms with van der Waals surface area (Å²) < 4.78 is 9.18. The lowest BCUT2D eigenvalue weighted by Gasteiger charge is -2.63. The van der Waals surface area contributed by atoms with Gasteiger partial charge >= 0.3 is 0 Å². The summed E-state index contributed by atoms with van der Waals surface area (Å²) >= 11 is 0. The van der Waals surface area contributed by atoms with E-state index in [1.807, 2.05) is 12.1 Å². The lowest BCUT2D eigenvalue weighted by atomic mass is 9.49. The van der Waals surface area contributed by atoms with E-state index in [2.05, 4.69) is 51.9 Å². The molecule has 1 aromatic heterocycles. The van der Waals surface area contributed by atoms with Crippen LogP contribution in [-0.2, 0) is 31.2 Å². The Morgan fingerprint density at radius 2 is 1.87 bits per heavy atom. The Hall–Kier alpha value is -3.32. The number of phenols is 1. The number of aliphatic hydroxyl groups is 2. The maximum Gasteiger partial charge on any atom is 0.166 e. The number of aromatic hydroxyl groups is 1. The quantitative estimate of drug-likeness (QED) is 0.375. The van der Waals surface area contributed by atoms with Crippen molar-refractivity contribution >= 4 is 10.9 Å². The lowest BCUT2D eigenvalue weighted by molar-refractivity contribution is -0.172. The van der Waals surface area contributed by atoms with E-state index in [-0.39, 0.29) is 17.9 Å². The largest absolute Gasteiger partial charge is 0.504 e. The second kappa shape index (κ2) is 7.45. The molecule has 6 nitrogen and oxygen atoms in total. The third-order valence-corrected chi connectivity index (χ3v) is 10.8. The van der Waals surface area contributed by atoms with Crippen LogP contribution in [0, 0.1) is 0 Å². The topological polar surface area (TPSA) is 78.1 Å². The fraction of sp³-hybridized carbons (Fsp3) is 0.394. The standard InChI is InChI=1S/C33H32N2O4/c36-24-12-15-35-28-21(7-4-8-22(24)28)23-18-33(38)26-17-20-9-10-25(37)30-27(20)32(33,31(39-30)29(23)35)13-16-34(26)14-11-19-5-2-1-3-6-19/h1-10,24,26,31,36-38H,11-18H2/t24-,26-,31-,32-,33+/m0/s1. The number of rotatable bonds is 3. The summed E-state index contributed by atoms with van der Waals surface area (Å²) in [5, 5.41) is 36.1. The molecule has 5 atom stereocenters. The van der Waals surface area contributed by atoms with E-state index >= 15 is 0 Å². The molecule has 3 aromatic carbocycles. The van der Waals surface area contributed by atoms with E-state index in [1.165, 1.54) is 11.1 Å². The Morgan fingerprint density at radius 3 is 2.74 bits per heavy atom. The summed E-state index contributed by atoms with van der Waals surface area (Å²) in [5.74, 6) is 0.728. The van der Waals surface area contributed by atoms with Gasteiger partial charge in [-0.3, -0.25) is 4.90 Å². The number of ether oxygens (including phenoxy) is 1. The molecule has 3 aliphatic heterocycles. The van der Waals surface area contributed by atoms with Gasteiger partial charge in [0.05, 0.1) is 28.3 Å². The van der Waals surface area contributed by atoms with Crippen LogP contribution < -0.4 is 4.74 Å². The molecule has 2 aliphatic carbocycles. The molecule has 0 saturated carbocycles. The SMILES string of the molecule is Oc1ccc2c3c1O[C@H]1c4c(c5cccc6c5n4CC[C@@H]6O)C[C@@]4(O)[C@H](C2)N(CCc2ccccc2)CC[C@]314. The van der Waals surface area contributed by atoms with Gasteiger partial charge in [-0.05, 0) is 55.0 Å². The number of nitrogens with zero attached hydrogens (tertiary/aromatic N) is 2. The molecule has 1 saturated heterocycles. The Balaban J connectivity index is 1.26. The number of hydrogen-bond donors (Lipinski definition) is 3. The van der Waals surface area contributed by atoms with Crippen LogP contribution in [0.1, 0.15) is 58.6 Å². The van der Waals surface area contributed by atoms with Crippen LogP contribution in [0.5, 0.6) is 11.5 Å². The van der Waals surface area contributed by atoms with Gasteiger partial charge in [0.1, 0.15) is 0 Å². The predicted molar refractivity (Wildman–Crippen MR) is 147 cm³/mol. The fourth-order valence-electron chi connectivity index (χ4n) is 9.18. The van der Waals surface area contributed by atoms with Gasteiger partial charge in [0.15, 0.2) is 17.6 Å². The zero-order valence-electron chi connectivity index (χ0n) is 21.8. The minimum atomic E-state index is -1.03. The summed E-state index contributed by atoms with van der Waals surface area (Å²) in [5.41, 5.74) is 6.23. The molecule has 0 amide bonds. The molecular weight excluding hydrogens is 488 g/mol. The fourth-order valence-corrected chi connectivity index (χ4v) is 9.18. The van der Waals surface area contributed by atoms with Crippen molar-refractivity contribution in [2.45, 2.75) is 67.9 Å². The minimum Gasteiger partial charge on any atom is -0.504 e. The van der Waals surface area contributed by atoms with Crippen molar-refractivity contribution in [2.24, 2.45) is 0 Å². The summed E-state index contributed by atoms with van der Waals surface area (Å²) in [6.07, 6.45) is 2.82. The third-order valence-electron chi connectivity index (χ3n) is 10.8. The molecule has 39 heavy (non-hydrogen) atoms. The third kappa shape index (κ3) is 2.59. The highest BCUT2D eigenvalue weighted by atomic mass is 16.5. The molecule has 0 unspecified atom stereocenters. The van der Waals surface area contributed by atoms with E-state index < -0.39 is 17.1 Å². The molecular formula is C33H32N2O4. The van der Waals surface area contributed by atoms with Gasteiger partial charge < -0.3 is 24.6 Å². The Kier molecular flexibility index (Phi) is 4.29. The first kappa shape index (κ1) is 22.5. The Labute approximate surface area is 227 Å². The highest BCUT2D eigenvalue weighted by molar-refractivity contribution is 5.90. The van der Waals surface area contributed by atoms with Crippen molar-refractivity contribution in [3.63, 3.8) is 0 Å². The molecule has 2 bridgehead atoms. The number of fused-ring (bicyclic) bond motifs is 4. The van der Waals surface area contributed by atoms with Crippen LogP contribution in [0.25, 0.3) is 10.9 Å². The van der Waals surface area contributed by atoms with Crippen LogP contribution in [0.4, 0.5) is 0 Å². The zero-order chi connectivity index (χ0) is 26.1. The van der Waals surface area contributed by atoms with Crippen molar-refractivity contribution in [3.05, 3.63) is 94.2 Å². The van der Waals surface area contributed by atoms with Crippen LogP contribution in [-0.4, -0.2) is 49.5 Å². The van der Waals surface area contributed by atoms with Gasteiger partial charge in [-0.15, -0.1) is 0 Å². The van der Waals surface area contributed by atoms with E-state index in [9.17, 15) is 15.3 Å². The number of aryl methyl sites for hydroxylation is 1. The molecule has 0 radical (unpaired) electrons. The predicted octanol–water partition coefficient (Wildman–Crippen LogP) is 4.32. The number of para-hydroxylation sites is 1. The summed E-state index contributed by atoms with van der Waals surface area (Å²) in [4.78, 5) is 2.51. The van der Waals surface area contributed by atoms with Crippen molar-refractivity contribution in [3.8, 4) is 11.5 Å². The molecule has 1 fully saturated rings. The lowest BCUT2D eigenvalue weighted by Crippen LogP contribution is -2.74. The minimum absolute atomic E-state index is 0.0468. The first-order valence-electron chi connectivity index (χ1n) is 14.4. The van der Waals surface area contributed by atoms with E-state index in [0.29, 0.717) is 18.6 Å². The number of benzene rings is 3. The van der Waals surface area contributed by atoms with Gasteiger partial charge in [0.25, 0.3) is 0 Å². The monoisotopic (exact) mass is 520 g/mol. The number of aromatic nitrogens is 1. The molecule has 5 aliphatic rings.